The first-order valence-electron chi connectivity index (χ1n) is 5.20. The predicted octanol–water partition coefficient (Wildman–Crippen LogP) is 1.20. The topological polar surface area (TPSA) is 87.1 Å². The maximum atomic E-state index is 11.9. The van der Waals surface area contributed by atoms with E-state index in [1.54, 1.807) is 43.4 Å². The molecule has 0 unspecified atom stereocenters. The molecular weight excluding hydrogens is 341 g/mol. The molecule has 1 fully saturated rings. The number of ether oxygens (including phenoxy) is 1. The fraction of sp³-hybridized carbons (Fsp3) is 0.800. The molecule has 98 valence electrons. The van der Waals surface area contributed by atoms with Crippen LogP contribution < -0.4 is 0 Å². The zero-order valence-corrected chi connectivity index (χ0v) is 12.1. The standard InChI is InChI=1S/C10H16INO5/c1-9(2,3)17-8(16)12-5-4-6(13)10(12,11)7(14)15/h6,13H,4-5H2,1-3H3,(H,14,15)/t6-,10+/m0/s1. The second-order valence-electron chi connectivity index (χ2n) is 4.91. The van der Waals surface area contributed by atoms with Crippen molar-refractivity contribution < 1.29 is 24.5 Å². The first-order chi connectivity index (χ1) is 7.59. The van der Waals surface area contributed by atoms with Gasteiger partial charge in [0.15, 0.2) is 0 Å². The van der Waals surface area contributed by atoms with Gasteiger partial charge in [-0.3, -0.25) is 4.90 Å². The summed E-state index contributed by atoms with van der Waals surface area (Å²) in [6, 6.07) is 0. The molecule has 1 aliphatic heterocycles. The Kier molecular flexibility index (Phi) is 3.92. The molecule has 7 heteroatoms. The summed E-state index contributed by atoms with van der Waals surface area (Å²) >= 11 is 1.59. The van der Waals surface area contributed by atoms with E-state index in [0.717, 1.165) is 4.90 Å². The van der Waals surface area contributed by atoms with E-state index in [1.165, 1.54) is 0 Å². The molecule has 0 aromatic heterocycles. The zero-order chi connectivity index (χ0) is 13.4. The van der Waals surface area contributed by atoms with Gasteiger partial charge in [0.25, 0.3) is 0 Å². The predicted molar refractivity (Wildman–Crippen MR) is 68.0 cm³/mol. The molecule has 1 saturated heterocycles. The Bertz CT molecular complexity index is 340. The minimum atomic E-state index is -1.64. The highest BCUT2D eigenvalue weighted by Crippen LogP contribution is 2.37. The average molecular weight is 357 g/mol. The van der Waals surface area contributed by atoms with Crippen molar-refractivity contribution in [3.63, 3.8) is 0 Å². The lowest BCUT2D eigenvalue weighted by molar-refractivity contribution is -0.146. The van der Waals surface area contributed by atoms with E-state index in [2.05, 4.69) is 0 Å². The molecular formula is C10H16INO5. The van der Waals surface area contributed by atoms with E-state index in [9.17, 15) is 14.7 Å². The van der Waals surface area contributed by atoms with Crippen LogP contribution in [0, 0.1) is 0 Å². The van der Waals surface area contributed by atoms with E-state index >= 15 is 0 Å². The minimum absolute atomic E-state index is 0.172. The molecule has 0 spiro atoms. The number of alkyl halides is 1. The maximum absolute atomic E-state index is 11.9. The quantitative estimate of drug-likeness (QED) is 0.419. The van der Waals surface area contributed by atoms with E-state index < -0.39 is 27.3 Å². The Hall–Kier alpha value is -0.570. The number of hydrogen-bond donors (Lipinski definition) is 2. The van der Waals surface area contributed by atoms with Crippen LogP contribution in [-0.2, 0) is 9.53 Å². The molecule has 0 saturated carbocycles. The summed E-state index contributed by atoms with van der Waals surface area (Å²) in [5.74, 6) is -1.24. The summed E-state index contributed by atoms with van der Waals surface area (Å²) in [6.07, 6.45) is -1.58. The van der Waals surface area contributed by atoms with Gasteiger partial charge < -0.3 is 14.9 Å². The van der Waals surface area contributed by atoms with Gasteiger partial charge in [0.05, 0.1) is 6.10 Å². The Morgan fingerprint density at radius 2 is 2.00 bits per heavy atom. The molecule has 1 aliphatic rings. The molecule has 2 atom stereocenters. The van der Waals surface area contributed by atoms with Crippen molar-refractivity contribution in [2.24, 2.45) is 0 Å². The van der Waals surface area contributed by atoms with Crippen LogP contribution in [0.15, 0.2) is 0 Å². The lowest BCUT2D eigenvalue weighted by Gasteiger charge is -2.32. The highest BCUT2D eigenvalue weighted by atomic mass is 127. The second kappa shape index (κ2) is 4.60. The third kappa shape index (κ3) is 2.82. The molecule has 6 nitrogen and oxygen atoms in total. The number of amides is 1. The van der Waals surface area contributed by atoms with Crippen molar-refractivity contribution >= 4 is 34.7 Å². The minimum Gasteiger partial charge on any atom is -0.479 e. The molecule has 0 aromatic carbocycles. The Labute approximate surface area is 113 Å². The molecule has 1 amide bonds. The lowest BCUT2D eigenvalue weighted by atomic mass is 10.2. The molecule has 1 heterocycles. The molecule has 17 heavy (non-hydrogen) atoms. The second-order valence-corrected chi connectivity index (χ2v) is 6.56. The highest BCUT2D eigenvalue weighted by molar-refractivity contribution is 14.1. The number of carbonyl (C=O) groups excluding carboxylic acids is 1. The molecule has 0 bridgehead atoms. The summed E-state index contributed by atoms with van der Waals surface area (Å²) in [5, 5.41) is 18.8. The van der Waals surface area contributed by atoms with Crippen molar-refractivity contribution in [1.29, 1.82) is 0 Å². The normalized spacial score (nSPS) is 29.2. The van der Waals surface area contributed by atoms with Crippen LogP contribution in [0.5, 0.6) is 0 Å². The van der Waals surface area contributed by atoms with Crippen LogP contribution in [0.3, 0.4) is 0 Å². The monoisotopic (exact) mass is 357 g/mol. The number of hydrogen-bond acceptors (Lipinski definition) is 4. The average Bonchev–Trinajstić information content (AvgIpc) is 2.42. The summed E-state index contributed by atoms with van der Waals surface area (Å²) in [5.41, 5.74) is -0.694. The SMILES string of the molecule is CC(C)(C)OC(=O)N1CC[C@H](O)[C@]1(I)C(=O)O. The van der Waals surface area contributed by atoms with Crippen molar-refractivity contribution in [1.82, 2.24) is 4.90 Å². The summed E-state index contributed by atoms with van der Waals surface area (Å²) in [6.45, 7) is 5.28. The lowest BCUT2D eigenvalue weighted by Crippen LogP contribution is -2.54. The fourth-order valence-electron chi connectivity index (χ4n) is 1.58. The largest absolute Gasteiger partial charge is 0.479 e. The zero-order valence-electron chi connectivity index (χ0n) is 9.94. The molecule has 0 radical (unpaired) electrons. The van der Waals surface area contributed by atoms with Crippen molar-refractivity contribution in [2.75, 3.05) is 6.54 Å². The van der Waals surface area contributed by atoms with Gasteiger partial charge in [0.1, 0.15) is 5.60 Å². The number of aliphatic hydroxyl groups excluding tert-OH is 1. The van der Waals surface area contributed by atoms with E-state index in [1.807, 2.05) is 0 Å². The van der Waals surface area contributed by atoms with Crippen LogP contribution in [-0.4, -0.2) is 49.0 Å². The molecule has 2 N–H and O–H groups in total. The van der Waals surface area contributed by atoms with Crippen molar-refractivity contribution in [2.45, 2.75) is 42.4 Å². The van der Waals surface area contributed by atoms with Gasteiger partial charge in [-0.1, -0.05) is 0 Å². The van der Waals surface area contributed by atoms with Gasteiger partial charge in [-0.05, 0) is 49.8 Å². The number of carbonyl (C=O) groups is 2. The van der Waals surface area contributed by atoms with Gasteiger partial charge in [-0.25, -0.2) is 9.59 Å². The highest BCUT2D eigenvalue weighted by Gasteiger charge is 2.55. The number of carboxylic acid groups (broad SMARTS) is 1. The number of likely N-dealkylation sites (tertiary alicyclic amines) is 1. The first kappa shape index (κ1) is 14.5. The number of carboxylic acids is 1. The third-order valence-corrected chi connectivity index (χ3v) is 4.14. The van der Waals surface area contributed by atoms with Gasteiger partial charge in [0, 0.05) is 6.54 Å². The number of aliphatic hydroxyl groups is 1. The maximum Gasteiger partial charge on any atom is 0.411 e. The van der Waals surface area contributed by atoms with E-state index in [0.29, 0.717) is 0 Å². The third-order valence-electron chi connectivity index (χ3n) is 2.37. The number of halogens is 1. The van der Waals surface area contributed by atoms with Crippen molar-refractivity contribution in [3.05, 3.63) is 0 Å². The van der Waals surface area contributed by atoms with Gasteiger partial charge in [-0.2, -0.15) is 0 Å². The van der Waals surface area contributed by atoms with Crippen molar-refractivity contribution in [3.8, 4) is 0 Å². The number of rotatable bonds is 1. The number of nitrogens with zero attached hydrogens (tertiary/aromatic N) is 1. The fourth-order valence-corrected chi connectivity index (χ4v) is 2.33. The molecule has 0 aliphatic carbocycles. The molecule has 0 aromatic rings. The smallest absolute Gasteiger partial charge is 0.411 e. The van der Waals surface area contributed by atoms with Gasteiger partial charge in [0.2, 0.25) is 3.55 Å². The molecule has 1 rings (SSSR count). The van der Waals surface area contributed by atoms with Gasteiger partial charge >= 0.3 is 12.1 Å². The first-order valence-corrected chi connectivity index (χ1v) is 6.28. The van der Waals surface area contributed by atoms with Gasteiger partial charge in [-0.15, -0.1) is 0 Å². The van der Waals surface area contributed by atoms with E-state index in [4.69, 9.17) is 9.84 Å². The van der Waals surface area contributed by atoms with Crippen LogP contribution in [0.25, 0.3) is 0 Å². The summed E-state index contributed by atoms with van der Waals surface area (Å²) in [4.78, 5) is 24.1. The van der Waals surface area contributed by atoms with Crippen LogP contribution in [0.4, 0.5) is 4.79 Å². The number of aliphatic carboxylic acids is 1. The summed E-state index contributed by atoms with van der Waals surface area (Å²) < 4.78 is 3.48. The Morgan fingerprint density at radius 3 is 2.41 bits per heavy atom. The van der Waals surface area contributed by atoms with Crippen LogP contribution >= 0.6 is 22.6 Å². The summed E-state index contributed by atoms with van der Waals surface area (Å²) in [7, 11) is 0. The van der Waals surface area contributed by atoms with Crippen LogP contribution in [0.2, 0.25) is 0 Å². The van der Waals surface area contributed by atoms with Crippen LogP contribution in [0.1, 0.15) is 27.2 Å². The Balaban J connectivity index is 2.91. The Morgan fingerprint density at radius 1 is 1.47 bits per heavy atom. The van der Waals surface area contributed by atoms with E-state index in [-0.39, 0.29) is 13.0 Å².